The normalized spacial score (nSPS) is 10.1. The molecule has 1 aromatic heterocycles. The first-order chi connectivity index (χ1) is 9.56. The Morgan fingerprint density at radius 1 is 1.55 bits per heavy atom. The van der Waals surface area contributed by atoms with Crippen molar-refractivity contribution in [3.8, 4) is 11.8 Å². The number of halogens is 2. The number of nitrogens with zero attached hydrogens (tertiary/aromatic N) is 3. The molecule has 0 atom stereocenters. The third kappa shape index (κ3) is 2.94. The lowest BCUT2D eigenvalue weighted by Gasteiger charge is -2.08. The lowest BCUT2D eigenvalue weighted by molar-refractivity contribution is 0.413. The van der Waals surface area contributed by atoms with Crippen LogP contribution in [0.15, 0.2) is 29.3 Å². The van der Waals surface area contributed by atoms with Gasteiger partial charge >= 0.3 is 0 Å². The molecule has 0 saturated carbocycles. The molecule has 0 aliphatic rings. The van der Waals surface area contributed by atoms with Gasteiger partial charge in [0, 0.05) is 0 Å². The van der Waals surface area contributed by atoms with Crippen LogP contribution in [-0.4, -0.2) is 16.7 Å². The third-order valence-corrected chi connectivity index (χ3v) is 4.26. The predicted molar refractivity (Wildman–Crippen MR) is 83.0 cm³/mol. The van der Waals surface area contributed by atoms with Gasteiger partial charge in [0.05, 0.1) is 25.5 Å². The van der Waals surface area contributed by atoms with Crippen LogP contribution in [0.4, 0.5) is 0 Å². The summed E-state index contributed by atoms with van der Waals surface area (Å²) in [5, 5.41) is 9.24. The Morgan fingerprint density at radius 2 is 2.30 bits per heavy atom. The number of hydrogen-bond donors (Lipinski definition) is 0. The molecule has 2 rings (SSSR count). The summed E-state index contributed by atoms with van der Waals surface area (Å²) in [5.41, 5.74) is 1.03. The number of hydrogen-bond acceptors (Lipinski definition) is 4. The minimum absolute atomic E-state index is 0.194. The summed E-state index contributed by atoms with van der Waals surface area (Å²) in [6.45, 7) is 0.317. The average Bonchev–Trinajstić information content (AvgIpc) is 2.47. The highest BCUT2D eigenvalue weighted by Gasteiger charge is 2.09. The van der Waals surface area contributed by atoms with Gasteiger partial charge in [-0.3, -0.25) is 9.36 Å². The molecule has 1 heterocycles. The van der Waals surface area contributed by atoms with E-state index in [0.717, 1.165) is 5.56 Å². The maximum absolute atomic E-state index is 12.0. The van der Waals surface area contributed by atoms with Crippen molar-refractivity contribution in [2.45, 2.75) is 6.54 Å². The van der Waals surface area contributed by atoms with E-state index in [1.807, 2.05) is 22.6 Å². The summed E-state index contributed by atoms with van der Waals surface area (Å²) in [4.78, 5) is 16.0. The molecule has 7 heteroatoms. The monoisotopic (exact) mass is 401 g/mol. The van der Waals surface area contributed by atoms with Crippen LogP contribution < -0.4 is 10.3 Å². The zero-order valence-electron chi connectivity index (χ0n) is 10.4. The first kappa shape index (κ1) is 14.8. The summed E-state index contributed by atoms with van der Waals surface area (Å²) in [6.07, 6.45) is 1.39. The van der Waals surface area contributed by atoms with Crippen LogP contribution in [-0.2, 0) is 6.54 Å². The highest BCUT2D eigenvalue weighted by molar-refractivity contribution is 14.1. The molecule has 0 fully saturated rings. The molecule has 0 radical (unpaired) electrons. The molecule has 0 amide bonds. The van der Waals surface area contributed by atoms with Crippen molar-refractivity contribution in [2.24, 2.45) is 0 Å². The van der Waals surface area contributed by atoms with Crippen molar-refractivity contribution in [3.05, 3.63) is 54.7 Å². The van der Waals surface area contributed by atoms with Crippen LogP contribution in [0.1, 0.15) is 11.1 Å². The van der Waals surface area contributed by atoms with Crippen molar-refractivity contribution in [3.63, 3.8) is 0 Å². The Hall–Kier alpha value is -1.59. The van der Waals surface area contributed by atoms with Gasteiger partial charge in [-0.15, -0.1) is 0 Å². The molecule has 0 aliphatic heterocycles. The summed E-state index contributed by atoms with van der Waals surface area (Å²) in [7, 11) is 1.51. The van der Waals surface area contributed by atoms with Crippen molar-refractivity contribution < 1.29 is 4.74 Å². The zero-order valence-corrected chi connectivity index (χ0v) is 13.3. The number of ether oxygens (including phenoxy) is 1. The molecule has 1 aromatic carbocycles. The Kier molecular flexibility index (Phi) is 4.62. The Morgan fingerprint density at radius 3 is 2.95 bits per heavy atom. The van der Waals surface area contributed by atoms with E-state index in [1.54, 1.807) is 18.2 Å². The van der Waals surface area contributed by atoms with Gasteiger partial charge in [-0.2, -0.15) is 5.26 Å². The van der Waals surface area contributed by atoms with E-state index >= 15 is 0 Å². The van der Waals surface area contributed by atoms with E-state index in [4.69, 9.17) is 21.6 Å². The number of methoxy groups -OCH3 is 1. The Bertz CT molecular complexity index is 752. The molecular formula is C13H9ClIN3O2. The second-order valence-corrected chi connectivity index (χ2v) is 5.37. The fourth-order valence-electron chi connectivity index (χ4n) is 1.69. The fourth-order valence-corrected chi connectivity index (χ4v) is 2.27. The maximum atomic E-state index is 12.0. The molecule has 0 aliphatic carbocycles. The van der Waals surface area contributed by atoms with E-state index in [-0.39, 0.29) is 10.7 Å². The van der Waals surface area contributed by atoms with Gasteiger partial charge in [-0.1, -0.05) is 17.7 Å². The molecule has 0 saturated heterocycles. The highest BCUT2D eigenvalue weighted by Crippen LogP contribution is 2.19. The molecule has 5 nitrogen and oxygen atoms in total. The highest BCUT2D eigenvalue weighted by atomic mass is 127. The van der Waals surface area contributed by atoms with E-state index in [1.165, 1.54) is 18.0 Å². The van der Waals surface area contributed by atoms with Crippen molar-refractivity contribution in [1.82, 2.24) is 9.55 Å². The lowest BCUT2D eigenvalue weighted by atomic mass is 10.1. The number of benzene rings is 1. The van der Waals surface area contributed by atoms with Gasteiger partial charge in [0.2, 0.25) is 0 Å². The summed E-state index contributed by atoms with van der Waals surface area (Å²) < 4.78 is 6.89. The van der Waals surface area contributed by atoms with Crippen molar-refractivity contribution in [1.29, 1.82) is 5.26 Å². The standard InChI is InChI=1S/C13H9ClIN3O2/c1-20-10-3-2-8(4-9(10)5-16)6-18-7-17-12(14)11(15)13(18)19/h2-4,7H,6H2,1H3. The molecule has 20 heavy (non-hydrogen) atoms. The minimum atomic E-state index is -0.208. The molecule has 0 spiro atoms. The van der Waals surface area contributed by atoms with Crippen LogP contribution in [0.2, 0.25) is 5.15 Å². The van der Waals surface area contributed by atoms with E-state index in [9.17, 15) is 4.79 Å². The number of rotatable bonds is 3. The van der Waals surface area contributed by atoms with Gasteiger partial charge < -0.3 is 4.74 Å². The predicted octanol–water partition coefficient (Wildman–Crippen LogP) is 2.43. The largest absolute Gasteiger partial charge is 0.495 e. The quantitative estimate of drug-likeness (QED) is 0.585. The molecule has 0 N–H and O–H groups in total. The minimum Gasteiger partial charge on any atom is -0.495 e. The summed E-state index contributed by atoms with van der Waals surface area (Å²) >= 11 is 7.65. The van der Waals surface area contributed by atoms with Gasteiger partial charge in [-0.25, -0.2) is 4.98 Å². The van der Waals surface area contributed by atoms with Gasteiger partial charge in [0.15, 0.2) is 0 Å². The molecule has 0 unspecified atom stereocenters. The maximum Gasteiger partial charge on any atom is 0.268 e. The van der Waals surface area contributed by atoms with Gasteiger partial charge in [0.1, 0.15) is 20.5 Å². The lowest BCUT2D eigenvalue weighted by Crippen LogP contribution is -2.23. The molecule has 0 bridgehead atoms. The van der Waals surface area contributed by atoms with E-state index in [2.05, 4.69) is 11.1 Å². The van der Waals surface area contributed by atoms with E-state index in [0.29, 0.717) is 21.4 Å². The summed E-state index contributed by atoms with van der Waals surface area (Å²) in [5.74, 6) is 0.507. The van der Waals surface area contributed by atoms with Crippen molar-refractivity contribution >= 4 is 34.2 Å². The van der Waals surface area contributed by atoms with Crippen LogP contribution in [0.3, 0.4) is 0 Å². The Balaban J connectivity index is 2.39. The third-order valence-electron chi connectivity index (χ3n) is 2.68. The number of aromatic nitrogens is 2. The fraction of sp³-hybridized carbons (Fsp3) is 0.154. The molecule has 102 valence electrons. The van der Waals surface area contributed by atoms with Crippen molar-refractivity contribution in [2.75, 3.05) is 7.11 Å². The smallest absolute Gasteiger partial charge is 0.268 e. The first-order valence-corrected chi connectivity index (χ1v) is 7.00. The first-order valence-electron chi connectivity index (χ1n) is 5.54. The molecular weight excluding hydrogens is 393 g/mol. The van der Waals surface area contributed by atoms with Crippen LogP contribution in [0.25, 0.3) is 0 Å². The van der Waals surface area contributed by atoms with Gasteiger partial charge in [0.25, 0.3) is 5.56 Å². The average molecular weight is 402 g/mol. The second kappa shape index (κ2) is 6.24. The van der Waals surface area contributed by atoms with Gasteiger partial charge in [-0.05, 0) is 40.3 Å². The zero-order chi connectivity index (χ0) is 14.7. The molecule has 2 aromatic rings. The van der Waals surface area contributed by atoms with Crippen LogP contribution >= 0.6 is 34.2 Å². The Labute approximate surface area is 133 Å². The summed E-state index contributed by atoms with van der Waals surface area (Å²) in [6, 6.07) is 7.25. The second-order valence-electron chi connectivity index (χ2n) is 3.93. The van der Waals surface area contributed by atoms with E-state index < -0.39 is 0 Å². The number of nitriles is 1. The topological polar surface area (TPSA) is 67.9 Å². The van der Waals surface area contributed by atoms with Crippen LogP contribution in [0, 0.1) is 14.9 Å². The van der Waals surface area contributed by atoms with Crippen LogP contribution in [0.5, 0.6) is 5.75 Å². The SMILES string of the molecule is COc1ccc(Cn2cnc(Cl)c(I)c2=O)cc1C#N.